The number of aryl methyl sites for hydroxylation is 2. The molecule has 0 bridgehead atoms. The van der Waals surface area contributed by atoms with Crippen LogP contribution < -0.4 is 0 Å². The summed E-state index contributed by atoms with van der Waals surface area (Å²) in [5, 5.41) is 20.5. The first-order valence-corrected chi connectivity index (χ1v) is 5.42. The number of phenolic OH excluding ortho intramolecular Hbond substituents is 1. The van der Waals surface area contributed by atoms with Gasteiger partial charge in [0.05, 0.1) is 6.42 Å². The van der Waals surface area contributed by atoms with Crippen molar-refractivity contribution >= 4 is 16.7 Å². The number of carboxylic acid groups (broad SMARTS) is 1. The average molecular weight is 230 g/mol. The monoisotopic (exact) mass is 230 g/mol. The van der Waals surface area contributed by atoms with Crippen LogP contribution in [0, 0.1) is 13.8 Å². The van der Waals surface area contributed by atoms with E-state index in [1.165, 1.54) is 6.07 Å². The molecule has 0 saturated carbocycles. The summed E-state index contributed by atoms with van der Waals surface area (Å²) in [7, 11) is 0. The highest BCUT2D eigenvalue weighted by Gasteiger charge is 2.09. The molecule has 0 fully saturated rings. The van der Waals surface area contributed by atoms with Crippen LogP contribution in [-0.2, 0) is 11.2 Å². The molecule has 2 rings (SSSR count). The number of hydrogen-bond acceptors (Lipinski definition) is 2. The maximum atomic E-state index is 10.7. The number of hydrogen-bond donors (Lipinski definition) is 2. The van der Waals surface area contributed by atoms with Crippen molar-refractivity contribution in [2.45, 2.75) is 20.3 Å². The van der Waals surface area contributed by atoms with Gasteiger partial charge in [0.1, 0.15) is 5.75 Å². The fourth-order valence-corrected chi connectivity index (χ4v) is 2.11. The maximum absolute atomic E-state index is 10.7. The Hall–Kier alpha value is -2.03. The molecule has 0 saturated heterocycles. The average Bonchev–Trinajstić information content (AvgIpc) is 2.22. The van der Waals surface area contributed by atoms with Crippen molar-refractivity contribution in [3.05, 3.63) is 41.0 Å². The Morgan fingerprint density at radius 2 is 1.82 bits per heavy atom. The molecule has 3 heteroatoms. The van der Waals surface area contributed by atoms with Gasteiger partial charge in [-0.25, -0.2) is 0 Å². The van der Waals surface area contributed by atoms with Crippen LogP contribution in [0.3, 0.4) is 0 Å². The third-order valence-electron chi connectivity index (χ3n) is 2.94. The minimum absolute atomic E-state index is 0.0725. The van der Waals surface area contributed by atoms with E-state index in [-0.39, 0.29) is 12.2 Å². The summed E-state index contributed by atoms with van der Waals surface area (Å²) >= 11 is 0. The van der Waals surface area contributed by atoms with E-state index in [0.29, 0.717) is 5.56 Å². The number of rotatable bonds is 2. The molecular weight excluding hydrogens is 216 g/mol. The summed E-state index contributed by atoms with van der Waals surface area (Å²) < 4.78 is 0. The molecule has 2 aromatic carbocycles. The fourth-order valence-electron chi connectivity index (χ4n) is 2.11. The summed E-state index contributed by atoms with van der Waals surface area (Å²) in [6, 6.07) is 7.30. The Bertz CT molecular complexity index is 600. The molecule has 0 unspecified atom stereocenters. The molecule has 2 aromatic rings. The zero-order valence-electron chi connectivity index (χ0n) is 9.82. The van der Waals surface area contributed by atoms with Crippen LogP contribution in [0.2, 0.25) is 0 Å². The molecule has 2 N–H and O–H groups in total. The third kappa shape index (κ3) is 2.09. The Balaban J connectivity index is 2.72. The van der Waals surface area contributed by atoms with Gasteiger partial charge in [-0.1, -0.05) is 18.2 Å². The zero-order valence-corrected chi connectivity index (χ0v) is 9.82. The lowest BCUT2D eigenvalue weighted by molar-refractivity contribution is -0.136. The summed E-state index contributed by atoms with van der Waals surface area (Å²) in [6.45, 7) is 3.88. The summed E-state index contributed by atoms with van der Waals surface area (Å²) in [6.07, 6.45) is -0.0725. The van der Waals surface area contributed by atoms with Crippen molar-refractivity contribution in [2.24, 2.45) is 0 Å². The number of carboxylic acids is 1. The highest BCUT2D eigenvalue weighted by atomic mass is 16.4. The zero-order chi connectivity index (χ0) is 12.6. The number of fused-ring (bicyclic) bond motifs is 1. The molecule has 0 aliphatic rings. The Labute approximate surface area is 99.3 Å². The van der Waals surface area contributed by atoms with Crippen LogP contribution in [-0.4, -0.2) is 16.2 Å². The molecule has 0 spiro atoms. The van der Waals surface area contributed by atoms with E-state index in [1.807, 2.05) is 32.0 Å². The van der Waals surface area contributed by atoms with E-state index >= 15 is 0 Å². The Morgan fingerprint density at radius 1 is 1.18 bits per heavy atom. The fraction of sp³-hybridized carbons (Fsp3) is 0.214. The van der Waals surface area contributed by atoms with Crippen molar-refractivity contribution in [2.75, 3.05) is 0 Å². The first-order valence-electron chi connectivity index (χ1n) is 5.42. The van der Waals surface area contributed by atoms with Gasteiger partial charge in [0.2, 0.25) is 0 Å². The van der Waals surface area contributed by atoms with Crippen molar-refractivity contribution < 1.29 is 15.0 Å². The van der Waals surface area contributed by atoms with Gasteiger partial charge >= 0.3 is 5.97 Å². The predicted molar refractivity (Wildman–Crippen MR) is 66.4 cm³/mol. The summed E-state index contributed by atoms with van der Waals surface area (Å²) in [5.41, 5.74) is 2.65. The van der Waals surface area contributed by atoms with E-state index in [9.17, 15) is 9.90 Å². The van der Waals surface area contributed by atoms with E-state index in [2.05, 4.69) is 0 Å². The van der Waals surface area contributed by atoms with Crippen LogP contribution in [0.5, 0.6) is 5.75 Å². The minimum Gasteiger partial charge on any atom is -0.507 e. The standard InChI is InChI=1S/C14H14O3/c1-8-3-4-9(2)14-11(8)5-10(6-12(14)15)7-13(16)17/h3-6,15H,7H2,1-2H3,(H,16,17). The molecule has 0 radical (unpaired) electrons. The van der Waals surface area contributed by atoms with Crippen LogP contribution in [0.1, 0.15) is 16.7 Å². The molecule has 0 aromatic heterocycles. The van der Waals surface area contributed by atoms with E-state index in [4.69, 9.17) is 5.11 Å². The van der Waals surface area contributed by atoms with Crippen LogP contribution in [0.15, 0.2) is 24.3 Å². The Morgan fingerprint density at radius 3 is 2.47 bits per heavy atom. The summed E-state index contributed by atoms with van der Waals surface area (Å²) in [5.74, 6) is -0.742. The van der Waals surface area contributed by atoms with Crippen molar-refractivity contribution in [1.82, 2.24) is 0 Å². The number of carbonyl (C=O) groups is 1. The number of aliphatic carboxylic acids is 1. The molecule has 0 heterocycles. The molecule has 3 nitrogen and oxygen atoms in total. The second-order valence-electron chi connectivity index (χ2n) is 4.31. The van der Waals surface area contributed by atoms with Crippen molar-refractivity contribution in [3.63, 3.8) is 0 Å². The molecule has 17 heavy (non-hydrogen) atoms. The lowest BCUT2D eigenvalue weighted by Gasteiger charge is -2.09. The highest BCUT2D eigenvalue weighted by molar-refractivity contribution is 5.94. The van der Waals surface area contributed by atoms with Gasteiger partial charge < -0.3 is 10.2 Å². The Kier molecular flexibility index (Phi) is 2.76. The first kappa shape index (κ1) is 11.5. The van der Waals surface area contributed by atoms with Gasteiger partial charge in [-0.3, -0.25) is 4.79 Å². The van der Waals surface area contributed by atoms with Gasteiger partial charge in [0.15, 0.2) is 0 Å². The summed E-state index contributed by atoms with van der Waals surface area (Å²) in [4.78, 5) is 10.7. The van der Waals surface area contributed by atoms with Crippen LogP contribution >= 0.6 is 0 Å². The second kappa shape index (κ2) is 4.09. The lowest BCUT2D eigenvalue weighted by atomic mass is 9.97. The number of phenols is 1. The molecule has 88 valence electrons. The second-order valence-corrected chi connectivity index (χ2v) is 4.31. The predicted octanol–water partition coefficient (Wildman–Crippen LogP) is 2.79. The smallest absolute Gasteiger partial charge is 0.307 e. The molecule has 0 aliphatic carbocycles. The largest absolute Gasteiger partial charge is 0.507 e. The topological polar surface area (TPSA) is 57.5 Å². The van der Waals surface area contributed by atoms with Crippen LogP contribution in [0.25, 0.3) is 10.8 Å². The van der Waals surface area contributed by atoms with Crippen molar-refractivity contribution in [1.29, 1.82) is 0 Å². The first-order chi connectivity index (χ1) is 7.99. The van der Waals surface area contributed by atoms with Gasteiger partial charge in [-0.2, -0.15) is 0 Å². The highest BCUT2D eigenvalue weighted by Crippen LogP contribution is 2.31. The molecule has 0 amide bonds. The lowest BCUT2D eigenvalue weighted by Crippen LogP contribution is -2.00. The number of benzene rings is 2. The van der Waals surface area contributed by atoms with Gasteiger partial charge in [-0.15, -0.1) is 0 Å². The molecule has 0 aliphatic heterocycles. The SMILES string of the molecule is Cc1ccc(C)c2c(O)cc(CC(=O)O)cc12. The maximum Gasteiger partial charge on any atom is 0.307 e. The van der Waals surface area contributed by atoms with Gasteiger partial charge in [-0.05, 0) is 42.0 Å². The van der Waals surface area contributed by atoms with Gasteiger partial charge in [0.25, 0.3) is 0 Å². The minimum atomic E-state index is -0.894. The molecular formula is C14H14O3. The van der Waals surface area contributed by atoms with Gasteiger partial charge in [0, 0.05) is 5.39 Å². The van der Waals surface area contributed by atoms with Crippen LogP contribution in [0.4, 0.5) is 0 Å². The van der Waals surface area contributed by atoms with E-state index < -0.39 is 5.97 Å². The molecule has 0 atom stereocenters. The van der Waals surface area contributed by atoms with E-state index in [1.54, 1.807) is 0 Å². The normalized spacial score (nSPS) is 10.7. The number of aromatic hydroxyl groups is 1. The van der Waals surface area contributed by atoms with E-state index in [0.717, 1.165) is 21.9 Å². The third-order valence-corrected chi connectivity index (χ3v) is 2.94. The van der Waals surface area contributed by atoms with Crippen molar-refractivity contribution in [3.8, 4) is 5.75 Å². The quantitative estimate of drug-likeness (QED) is 0.834.